The Morgan fingerprint density at radius 1 is 1.09 bits per heavy atom. The molecule has 0 saturated heterocycles. The second kappa shape index (κ2) is 9.06. The van der Waals surface area contributed by atoms with Crippen LogP contribution in [0.1, 0.15) is 12.0 Å². The van der Waals surface area contributed by atoms with E-state index in [-0.39, 0.29) is 5.91 Å². The lowest BCUT2D eigenvalue weighted by atomic mass is 10.1. The van der Waals surface area contributed by atoms with Gasteiger partial charge in [0.2, 0.25) is 5.91 Å². The fourth-order valence-electron chi connectivity index (χ4n) is 2.22. The molecule has 2 N–H and O–H groups in total. The van der Waals surface area contributed by atoms with E-state index in [4.69, 9.17) is 16.3 Å². The summed E-state index contributed by atoms with van der Waals surface area (Å²) in [6.45, 7) is 1.18. The maximum absolute atomic E-state index is 11.8. The van der Waals surface area contributed by atoms with E-state index in [1.54, 1.807) is 7.11 Å². The highest BCUT2D eigenvalue weighted by molar-refractivity contribution is 6.30. The molecule has 0 heterocycles. The maximum atomic E-state index is 11.8. The Morgan fingerprint density at radius 2 is 1.83 bits per heavy atom. The number of rotatable bonds is 8. The van der Waals surface area contributed by atoms with Crippen LogP contribution in [-0.4, -0.2) is 26.1 Å². The molecule has 0 bridgehead atoms. The van der Waals surface area contributed by atoms with Crippen molar-refractivity contribution in [3.8, 4) is 5.75 Å². The summed E-state index contributed by atoms with van der Waals surface area (Å²) < 4.78 is 5.29. The van der Waals surface area contributed by atoms with Crippen LogP contribution in [0.25, 0.3) is 0 Å². The molecule has 0 aromatic heterocycles. The largest absolute Gasteiger partial charge is 0.496 e. The van der Waals surface area contributed by atoms with E-state index in [1.807, 2.05) is 48.5 Å². The molecule has 0 spiro atoms. The van der Waals surface area contributed by atoms with Gasteiger partial charge in [0.1, 0.15) is 5.75 Å². The number of amides is 1. The van der Waals surface area contributed by atoms with E-state index in [1.165, 1.54) is 0 Å². The monoisotopic (exact) mass is 332 g/mol. The van der Waals surface area contributed by atoms with E-state index < -0.39 is 0 Å². The number of carbonyl (C=O) groups excluding carboxylic acids is 1. The first-order valence-corrected chi connectivity index (χ1v) is 7.95. The number of benzene rings is 2. The summed E-state index contributed by atoms with van der Waals surface area (Å²) in [4.78, 5) is 11.8. The highest BCUT2D eigenvalue weighted by Crippen LogP contribution is 2.17. The van der Waals surface area contributed by atoms with Crippen LogP contribution >= 0.6 is 11.6 Å². The first-order chi connectivity index (χ1) is 11.2. The molecule has 0 atom stereocenters. The quantitative estimate of drug-likeness (QED) is 0.777. The molecule has 0 saturated carbocycles. The molecule has 2 rings (SSSR count). The Hall–Kier alpha value is -2.20. The summed E-state index contributed by atoms with van der Waals surface area (Å²) in [5.41, 5.74) is 2.05. The Balaban J connectivity index is 1.66. The van der Waals surface area contributed by atoms with E-state index in [0.717, 1.165) is 23.4 Å². The van der Waals surface area contributed by atoms with Crippen LogP contribution in [0.3, 0.4) is 0 Å². The van der Waals surface area contributed by atoms with Crippen molar-refractivity contribution in [2.45, 2.75) is 12.8 Å². The fraction of sp³-hybridized carbons (Fsp3) is 0.278. The number of halogens is 1. The van der Waals surface area contributed by atoms with Crippen molar-refractivity contribution in [1.82, 2.24) is 5.32 Å². The highest BCUT2D eigenvalue weighted by Gasteiger charge is 2.04. The van der Waals surface area contributed by atoms with Crippen LogP contribution in [-0.2, 0) is 11.2 Å². The maximum Gasteiger partial charge on any atom is 0.221 e. The smallest absolute Gasteiger partial charge is 0.221 e. The van der Waals surface area contributed by atoms with Crippen molar-refractivity contribution in [3.63, 3.8) is 0 Å². The van der Waals surface area contributed by atoms with Gasteiger partial charge >= 0.3 is 0 Å². The molecule has 4 nitrogen and oxygen atoms in total. The molecule has 0 aliphatic carbocycles. The van der Waals surface area contributed by atoms with Gasteiger partial charge in [-0.15, -0.1) is 0 Å². The van der Waals surface area contributed by atoms with E-state index in [2.05, 4.69) is 10.6 Å². The number of nitrogens with one attached hydrogen (secondary N) is 2. The summed E-state index contributed by atoms with van der Waals surface area (Å²) in [6.07, 6.45) is 1.18. The lowest BCUT2D eigenvalue weighted by Gasteiger charge is -2.10. The van der Waals surface area contributed by atoms with Gasteiger partial charge in [-0.2, -0.15) is 0 Å². The van der Waals surface area contributed by atoms with Crippen molar-refractivity contribution >= 4 is 23.2 Å². The standard InChI is InChI=1S/C18H21ClN2O2/c1-23-17-5-3-2-4-14(17)10-12-21-18(22)11-13-20-16-8-6-15(19)7-9-16/h2-9,20H,10-13H2,1H3,(H,21,22). The van der Waals surface area contributed by atoms with Crippen LogP contribution in [0.5, 0.6) is 5.75 Å². The molecule has 0 radical (unpaired) electrons. The van der Waals surface area contributed by atoms with Gasteiger partial charge in [-0.05, 0) is 42.3 Å². The van der Waals surface area contributed by atoms with Gasteiger partial charge in [0, 0.05) is 30.2 Å². The van der Waals surface area contributed by atoms with Crippen molar-refractivity contribution < 1.29 is 9.53 Å². The fourth-order valence-corrected chi connectivity index (χ4v) is 2.35. The number of hydrogen-bond acceptors (Lipinski definition) is 3. The number of para-hydroxylation sites is 1. The first kappa shape index (κ1) is 17.2. The molecular weight excluding hydrogens is 312 g/mol. The molecule has 1 amide bonds. The Morgan fingerprint density at radius 3 is 2.57 bits per heavy atom. The summed E-state index contributed by atoms with van der Waals surface area (Å²) in [6, 6.07) is 15.2. The summed E-state index contributed by atoms with van der Waals surface area (Å²) in [5, 5.41) is 6.81. The van der Waals surface area contributed by atoms with Crippen LogP contribution in [0, 0.1) is 0 Å². The second-order valence-electron chi connectivity index (χ2n) is 5.10. The van der Waals surface area contributed by atoms with E-state index in [9.17, 15) is 4.79 Å². The zero-order chi connectivity index (χ0) is 16.5. The van der Waals surface area contributed by atoms with Crippen molar-refractivity contribution in [2.24, 2.45) is 0 Å². The third-order valence-corrected chi connectivity index (χ3v) is 3.69. The number of carbonyl (C=O) groups is 1. The SMILES string of the molecule is COc1ccccc1CCNC(=O)CCNc1ccc(Cl)cc1. The minimum atomic E-state index is 0.0290. The molecule has 0 unspecified atom stereocenters. The van der Waals surface area contributed by atoms with E-state index in [0.29, 0.717) is 24.5 Å². The second-order valence-corrected chi connectivity index (χ2v) is 5.53. The predicted molar refractivity (Wildman–Crippen MR) is 94.3 cm³/mol. The van der Waals surface area contributed by atoms with Crippen molar-refractivity contribution in [3.05, 3.63) is 59.1 Å². The van der Waals surface area contributed by atoms with Gasteiger partial charge < -0.3 is 15.4 Å². The molecule has 0 fully saturated rings. The van der Waals surface area contributed by atoms with E-state index >= 15 is 0 Å². The zero-order valence-electron chi connectivity index (χ0n) is 13.1. The number of hydrogen-bond donors (Lipinski definition) is 2. The summed E-state index contributed by atoms with van der Waals surface area (Å²) >= 11 is 5.82. The van der Waals surface area contributed by atoms with Crippen LogP contribution < -0.4 is 15.4 Å². The Labute approximate surface area is 141 Å². The van der Waals surface area contributed by atoms with Gasteiger partial charge in [0.05, 0.1) is 7.11 Å². The first-order valence-electron chi connectivity index (χ1n) is 7.57. The molecule has 23 heavy (non-hydrogen) atoms. The molecular formula is C18H21ClN2O2. The van der Waals surface area contributed by atoms with Crippen LogP contribution in [0.15, 0.2) is 48.5 Å². The average Bonchev–Trinajstić information content (AvgIpc) is 2.57. The predicted octanol–water partition coefficient (Wildman–Crippen LogP) is 3.51. The molecule has 2 aromatic rings. The minimum Gasteiger partial charge on any atom is -0.496 e. The lowest BCUT2D eigenvalue weighted by Crippen LogP contribution is -2.27. The van der Waals surface area contributed by atoms with Crippen LogP contribution in [0.4, 0.5) is 5.69 Å². The lowest BCUT2D eigenvalue weighted by molar-refractivity contribution is -0.120. The Kier molecular flexibility index (Phi) is 6.76. The molecule has 122 valence electrons. The van der Waals surface area contributed by atoms with Gasteiger partial charge in [-0.3, -0.25) is 4.79 Å². The van der Waals surface area contributed by atoms with Crippen molar-refractivity contribution in [1.29, 1.82) is 0 Å². The van der Waals surface area contributed by atoms with Gasteiger partial charge in [-0.1, -0.05) is 29.8 Å². The minimum absolute atomic E-state index is 0.0290. The molecule has 2 aromatic carbocycles. The third kappa shape index (κ3) is 5.83. The van der Waals surface area contributed by atoms with Gasteiger partial charge in [0.15, 0.2) is 0 Å². The zero-order valence-corrected chi connectivity index (χ0v) is 13.9. The van der Waals surface area contributed by atoms with Crippen molar-refractivity contribution in [2.75, 3.05) is 25.5 Å². The normalized spacial score (nSPS) is 10.2. The topological polar surface area (TPSA) is 50.4 Å². The third-order valence-electron chi connectivity index (χ3n) is 3.43. The number of methoxy groups -OCH3 is 1. The molecule has 0 aliphatic rings. The molecule has 5 heteroatoms. The van der Waals surface area contributed by atoms with Gasteiger partial charge in [0.25, 0.3) is 0 Å². The average molecular weight is 333 g/mol. The Bertz CT molecular complexity index is 629. The summed E-state index contributed by atoms with van der Waals surface area (Å²) in [5.74, 6) is 0.882. The van der Waals surface area contributed by atoms with Gasteiger partial charge in [-0.25, -0.2) is 0 Å². The number of anilines is 1. The highest BCUT2D eigenvalue weighted by atomic mass is 35.5. The molecule has 0 aliphatic heterocycles. The van der Waals surface area contributed by atoms with Crippen LogP contribution in [0.2, 0.25) is 5.02 Å². The summed E-state index contributed by atoms with van der Waals surface area (Å²) in [7, 11) is 1.65. The number of ether oxygens (including phenoxy) is 1.